The zero-order valence-corrected chi connectivity index (χ0v) is 51.5. The highest BCUT2D eigenvalue weighted by Crippen LogP contribution is 2.46. The number of amides is 2. The smallest absolute Gasteiger partial charge is 0.407 e. The monoisotopic (exact) mass is 1170 g/mol. The zero-order valence-electron chi connectivity index (χ0n) is 49.1. The second kappa shape index (κ2) is 32.0. The number of unbranched alkanes of at least 4 members (excludes halogenated alkanes) is 1. The topological polar surface area (TPSA) is 209 Å². The highest BCUT2D eigenvalue weighted by Gasteiger charge is 2.34. The van der Waals surface area contributed by atoms with Gasteiger partial charge in [0.15, 0.2) is 0 Å². The summed E-state index contributed by atoms with van der Waals surface area (Å²) in [6, 6.07) is 30.6. The van der Waals surface area contributed by atoms with Crippen LogP contribution in [-0.4, -0.2) is 131 Å². The lowest BCUT2D eigenvalue weighted by Gasteiger charge is -2.25. The van der Waals surface area contributed by atoms with Crippen LogP contribution in [0.25, 0.3) is 22.3 Å². The van der Waals surface area contributed by atoms with E-state index in [0.717, 1.165) is 51.1 Å². The summed E-state index contributed by atoms with van der Waals surface area (Å²) in [6.45, 7) is 21.5. The molecule has 15 nitrogen and oxygen atoms in total. The Labute approximate surface area is 492 Å². The van der Waals surface area contributed by atoms with Crippen LogP contribution < -0.4 is 10.6 Å². The van der Waals surface area contributed by atoms with E-state index in [0.29, 0.717) is 30.5 Å². The molecule has 2 aliphatic carbocycles. The quantitative estimate of drug-likeness (QED) is 0.0169. The molecule has 0 saturated carbocycles. The van der Waals surface area contributed by atoms with Crippen LogP contribution in [0.3, 0.4) is 0 Å². The van der Waals surface area contributed by atoms with Gasteiger partial charge in [-0.1, -0.05) is 145 Å². The van der Waals surface area contributed by atoms with Crippen molar-refractivity contribution in [2.45, 2.75) is 161 Å². The van der Waals surface area contributed by atoms with E-state index in [1.807, 2.05) is 88.4 Å². The molecule has 18 heteroatoms. The molecule has 0 spiro atoms. The van der Waals surface area contributed by atoms with Crippen LogP contribution in [0.4, 0.5) is 9.59 Å². The van der Waals surface area contributed by atoms with Gasteiger partial charge >= 0.3 is 30.1 Å². The summed E-state index contributed by atoms with van der Waals surface area (Å²) in [7, 11) is 2.82. The minimum atomic E-state index is -0.917. The average Bonchev–Trinajstić information content (AvgIpc) is 4.34. The van der Waals surface area contributed by atoms with Crippen molar-refractivity contribution in [2.24, 2.45) is 5.92 Å². The van der Waals surface area contributed by atoms with E-state index < -0.39 is 59.1 Å². The summed E-state index contributed by atoms with van der Waals surface area (Å²) < 4.78 is 32.7. The largest absolute Gasteiger partial charge is 0.460 e. The molecule has 5 atom stereocenters. The van der Waals surface area contributed by atoms with E-state index in [1.54, 1.807) is 41.5 Å². The number of benzene rings is 4. The van der Waals surface area contributed by atoms with Crippen molar-refractivity contribution < 1.29 is 62.6 Å². The summed E-state index contributed by atoms with van der Waals surface area (Å²) >= 11 is 1.34. The van der Waals surface area contributed by atoms with Crippen LogP contribution in [0.1, 0.15) is 142 Å². The van der Waals surface area contributed by atoms with Gasteiger partial charge in [0.25, 0.3) is 0 Å². The van der Waals surface area contributed by atoms with E-state index in [1.165, 1.54) is 52.6 Å². The van der Waals surface area contributed by atoms with Gasteiger partial charge in [-0.25, -0.2) is 19.2 Å². The number of thioether (sulfide) groups is 1. The minimum absolute atomic E-state index is 0.0194. The molecule has 3 aliphatic rings. The molecule has 0 unspecified atom stereocenters. The van der Waals surface area contributed by atoms with Gasteiger partial charge < -0.3 is 49.3 Å². The van der Waals surface area contributed by atoms with Crippen molar-refractivity contribution in [3.63, 3.8) is 0 Å². The third-order valence-electron chi connectivity index (χ3n) is 12.7. The van der Waals surface area contributed by atoms with Crippen molar-refractivity contribution in [1.29, 1.82) is 0 Å². The number of aliphatic hydroxyl groups is 2. The normalized spacial score (nSPS) is 15.7. The Morgan fingerprint density at radius 3 is 1.35 bits per heavy atom. The predicted molar refractivity (Wildman–Crippen MR) is 325 cm³/mol. The highest BCUT2D eigenvalue weighted by atomic mass is 33.1. The van der Waals surface area contributed by atoms with Gasteiger partial charge in [-0.2, -0.15) is 11.8 Å². The lowest BCUT2D eigenvalue weighted by molar-refractivity contribution is -0.159. The fraction of sp³-hybridized carbons (Fsp3) is 0.540. The minimum Gasteiger partial charge on any atom is -0.460 e. The third-order valence-corrected chi connectivity index (χ3v) is 16.4. The fourth-order valence-corrected chi connectivity index (χ4v) is 12.3. The van der Waals surface area contributed by atoms with Crippen LogP contribution in [-0.2, 0) is 42.8 Å². The van der Waals surface area contributed by atoms with Gasteiger partial charge in [0.05, 0.1) is 24.7 Å². The molecule has 444 valence electrons. The van der Waals surface area contributed by atoms with E-state index in [4.69, 9.17) is 33.5 Å². The van der Waals surface area contributed by atoms with E-state index in [-0.39, 0.29) is 55.0 Å². The lowest BCUT2D eigenvalue weighted by Crippen LogP contribution is -2.46. The molecule has 0 radical (unpaired) electrons. The molecule has 2 amide bonds. The number of nitrogens with one attached hydrogen (secondary N) is 2. The van der Waals surface area contributed by atoms with Crippen molar-refractivity contribution >= 4 is 63.4 Å². The average molecular weight is 1180 g/mol. The fourth-order valence-electron chi connectivity index (χ4n) is 8.78. The predicted octanol–water partition coefficient (Wildman–Crippen LogP) is 12.3. The Balaban J connectivity index is 0.000000266. The van der Waals surface area contributed by atoms with E-state index in [9.17, 15) is 29.1 Å². The first-order chi connectivity index (χ1) is 38.4. The summed E-state index contributed by atoms with van der Waals surface area (Å²) in [5.74, 6) is -0.454. The summed E-state index contributed by atoms with van der Waals surface area (Å²) in [6.07, 6.45) is 3.60. The first kappa shape index (κ1) is 66.6. The van der Waals surface area contributed by atoms with Gasteiger partial charge in [0.2, 0.25) is 0 Å². The number of ether oxygens (including phenoxy) is 6. The molecule has 7 rings (SSSR count). The van der Waals surface area contributed by atoms with Gasteiger partial charge in [0, 0.05) is 41.5 Å². The van der Waals surface area contributed by atoms with Gasteiger partial charge in [-0.3, -0.25) is 4.79 Å². The Morgan fingerprint density at radius 2 is 0.963 bits per heavy atom. The third kappa shape index (κ3) is 22.8. The number of carbonyl (C=O) groups excluding carboxylic acids is 5. The number of carbonyl (C=O) groups is 5. The number of aliphatic hydroxyl groups excluding tert-OH is 2. The van der Waals surface area contributed by atoms with Crippen LogP contribution in [0.2, 0.25) is 0 Å². The number of rotatable bonds is 24. The number of fused-ring (bicyclic) bond motifs is 6. The summed E-state index contributed by atoms with van der Waals surface area (Å²) in [4.78, 5) is 63.4. The van der Waals surface area contributed by atoms with E-state index >= 15 is 0 Å². The molecule has 4 N–H and O–H groups in total. The van der Waals surface area contributed by atoms with Crippen LogP contribution in [0.15, 0.2) is 97.1 Å². The lowest BCUT2D eigenvalue weighted by atomic mass is 9.98. The molecular weight excluding hydrogens is 1090 g/mol. The maximum atomic E-state index is 12.9. The van der Waals surface area contributed by atoms with Crippen molar-refractivity contribution in [1.82, 2.24) is 10.6 Å². The zero-order chi connectivity index (χ0) is 59.3. The maximum Gasteiger partial charge on any atom is 0.407 e. The number of hydrogen-bond donors (Lipinski definition) is 4. The molecule has 0 aromatic heterocycles. The van der Waals surface area contributed by atoms with Gasteiger partial charge in [0.1, 0.15) is 42.1 Å². The number of epoxide rings is 1. The molecular formula is C63H86N2O13S3. The number of esters is 3. The van der Waals surface area contributed by atoms with Crippen LogP contribution in [0, 0.1) is 5.92 Å². The van der Waals surface area contributed by atoms with Gasteiger partial charge in [-0.15, -0.1) is 0 Å². The van der Waals surface area contributed by atoms with E-state index in [2.05, 4.69) is 54.0 Å². The summed E-state index contributed by atoms with van der Waals surface area (Å²) in [5, 5.41) is 24.3. The first-order valence-electron chi connectivity index (χ1n) is 28.0. The Kier molecular flexibility index (Phi) is 26.3. The van der Waals surface area contributed by atoms with Crippen molar-refractivity contribution in [3.8, 4) is 22.3 Å². The van der Waals surface area contributed by atoms with Crippen molar-refractivity contribution in [2.75, 3.05) is 49.4 Å². The number of alkyl carbamates (subject to hydrolysis) is 2. The summed E-state index contributed by atoms with van der Waals surface area (Å²) in [5.41, 5.74) is 7.05. The Hall–Kier alpha value is -5.24. The molecule has 1 aliphatic heterocycles. The maximum absolute atomic E-state index is 12.9. The van der Waals surface area contributed by atoms with Crippen molar-refractivity contribution in [3.05, 3.63) is 119 Å². The molecule has 1 saturated heterocycles. The standard InChI is InChI=1S/C30H39NO6S2.C27H35NO6S.C6H12O/c1-19(26(32)36-29(2,3)4)17-38-39-18-25(27(33)37-30(5,6)7)31-28(34)35-16-24-22-14-10-8-12-20(22)21-13-9-11-15-23(21)24;1-27(2,3)34-25(31)24(17-35-16-18(30)9-8-14-29)28-26(32)33-15-23-21-12-6-4-10-19(21)20-11-5-7-13-22(20)23;1-2-3-4-6-5-7-6/h8-15,19,24-25H,16-18H2,1-7H3,(H,31,34);4-7,10-13,18,23-24,29-30H,8-9,14-17H2,1-3H3,(H,28,32);6H,2-5H2,1H3/t19-,25-;18-,24+;6-/m011/s1. The second-order valence-electron chi connectivity index (χ2n) is 23.3. The van der Waals surface area contributed by atoms with Crippen LogP contribution >= 0.6 is 33.3 Å². The second-order valence-corrected chi connectivity index (χ2v) is 26.9. The molecule has 1 heterocycles. The SMILES string of the molecule is CC(C)(C)OC(=O)[C@H](CSC[C@H](O)CCCO)NC(=O)OCC1c2ccccc2-c2ccccc21.CCCC[C@@H]1CO1.C[C@@H](CSSC[C@H](NC(=O)OCC1c2ccccc2-c2ccccc21)C(=O)OC(C)(C)C)C(=O)OC(C)(C)C. The Bertz CT molecular complexity index is 2570. The highest BCUT2D eigenvalue weighted by molar-refractivity contribution is 8.76. The molecule has 1 fully saturated rings. The molecule has 0 bridgehead atoms. The number of hydrogen-bond acceptors (Lipinski definition) is 16. The molecule has 4 aromatic rings. The van der Waals surface area contributed by atoms with Gasteiger partial charge in [-0.05, 0) is 126 Å². The molecule has 4 aromatic carbocycles. The molecule has 81 heavy (non-hydrogen) atoms. The Morgan fingerprint density at radius 1 is 0.580 bits per heavy atom. The van der Waals surface area contributed by atoms with Crippen LogP contribution in [0.5, 0.6) is 0 Å². The first-order valence-corrected chi connectivity index (χ1v) is 31.7.